The van der Waals surface area contributed by atoms with Crippen LogP contribution in [-0.2, 0) is 24.6 Å². The maximum Gasteiger partial charge on any atom is 0.290 e. The Kier molecular flexibility index (Phi) is 11.9. The van der Waals surface area contributed by atoms with Crippen LogP contribution in [0.1, 0.15) is 29.2 Å². The number of hydrogen-bond acceptors (Lipinski definition) is 9. The summed E-state index contributed by atoms with van der Waals surface area (Å²) in [5, 5.41) is 24.6. The molecule has 6 rings (SSSR count). The number of carboxylic acid groups (broad SMARTS) is 1. The van der Waals surface area contributed by atoms with Crippen molar-refractivity contribution in [3.05, 3.63) is 113 Å². The lowest BCUT2D eigenvalue weighted by atomic mass is 9.96. The Morgan fingerprint density at radius 1 is 1.00 bits per heavy atom. The van der Waals surface area contributed by atoms with Crippen LogP contribution in [0.3, 0.4) is 0 Å². The number of benzene rings is 3. The van der Waals surface area contributed by atoms with E-state index in [9.17, 15) is 5.11 Å². The number of carbonyl (C=O) groups is 1. The van der Waals surface area contributed by atoms with E-state index in [1.807, 2.05) is 67.7 Å². The average molecular weight is 673 g/mol. The summed E-state index contributed by atoms with van der Waals surface area (Å²) in [7, 11) is 0. The quantitative estimate of drug-likeness (QED) is 0.135. The number of fused-ring (bicyclic) bond motifs is 1. The van der Waals surface area contributed by atoms with Gasteiger partial charge in [0.2, 0.25) is 0 Å². The van der Waals surface area contributed by atoms with E-state index in [4.69, 9.17) is 40.4 Å². The van der Waals surface area contributed by atoms with Gasteiger partial charge in [-0.3, -0.25) is 4.79 Å². The number of aliphatic hydroxyl groups excluding tert-OH is 1. The van der Waals surface area contributed by atoms with Crippen molar-refractivity contribution in [1.82, 2.24) is 20.1 Å². The number of nitrogens with one attached hydrogen (secondary N) is 1. The van der Waals surface area contributed by atoms with Crippen molar-refractivity contribution in [2.45, 2.75) is 39.6 Å². The summed E-state index contributed by atoms with van der Waals surface area (Å²) < 4.78 is 25.8. The van der Waals surface area contributed by atoms with Crippen molar-refractivity contribution < 1.29 is 34.0 Å². The number of nitrogens with zero attached hydrogens (tertiary/aromatic N) is 3. The van der Waals surface area contributed by atoms with E-state index in [1.54, 1.807) is 17.1 Å². The van der Waals surface area contributed by atoms with E-state index in [0.29, 0.717) is 42.9 Å². The molecule has 250 valence electrons. The van der Waals surface area contributed by atoms with Gasteiger partial charge in [0, 0.05) is 42.2 Å². The predicted octanol–water partition coefficient (Wildman–Crippen LogP) is 6.00. The van der Waals surface area contributed by atoms with Gasteiger partial charge in [-0.2, -0.15) is 5.10 Å². The van der Waals surface area contributed by atoms with E-state index < -0.39 is 0 Å². The number of halogens is 1. The topological polar surface area (TPSA) is 137 Å². The molecule has 1 aliphatic heterocycles. The van der Waals surface area contributed by atoms with Gasteiger partial charge in [0.1, 0.15) is 37.9 Å². The van der Waals surface area contributed by atoms with Crippen molar-refractivity contribution in [2.24, 2.45) is 0 Å². The minimum absolute atomic E-state index is 0.0164. The van der Waals surface area contributed by atoms with Gasteiger partial charge in [0.25, 0.3) is 6.47 Å². The van der Waals surface area contributed by atoms with Crippen LogP contribution in [0.15, 0.2) is 85.3 Å². The Labute approximate surface area is 283 Å². The second kappa shape index (κ2) is 16.6. The molecule has 1 unspecified atom stereocenters. The van der Waals surface area contributed by atoms with Crippen LogP contribution in [-0.4, -0.2) is 57.3 Å². The second-order valence-corrected chi connectivity index (χ2v) is 11.4. The van der Waals surface area contributed by atoms with Gasteiger partial charge in [-0.15, -0.1) is 0 Å². The lowest BCUT2D eigenvalue weighted by Crippen LogP contribution is -2.28. The Balaban J connectivity index is 0.00000145. The molecule has 0 spiro atoms. The molecule has 11 nitrogen and oxygen atoms in total. The molecule has 0 amide bonds. The van der Waals surface area contributed by atoms with Gasteiger partial charge >= 0.3 is 0 Å². The smallest absolute Gasteiger partial charge is 0.290 e. The van der Waals surface area contributed by atoms with Gasteiger partial charge in [-0.25, -0.2) is 9.67 Å². The fourth-order valence-corrected chi connectivity index (χ4v) is 5.28. The molecule has 5 aromatic rings. The first-order valence-electron chi connectivity index (χ1n) is 15.3. The van der Waals surface area contributed by atoms with E-state index in [0.717, 1.165) is 50.7 Å². The fourth-order valence-electron chi connectivity index (χ4n) is 5.04. The summed E-state index contributed by atoms with van der Waals surface area (Å²) in [5.74, 6) is 3.38. The highest BCUT2D eigenvalue weighted by Gasteiger charge is 2.17. The van der Waals surface area contributed by atoms with E-state index in [-0.39, 0.29) is 25.7 Å². The fraction of sp³-hybridized carbons (Fsp3) is 0.250. The van der Waals surface area contributed by atoms with Crippen LogP contribution in [0.25, 0.3) is 16.9 Å². The Morgan fingerprint density at radius 2 is 1.79 bits per heavy atom. The summed E-state index contributed by atoms with van der Waals surface area (Å²) >= 11 is 6.74. The molecule has 0 radical (unpaired) electrons. The summed E-state index contributed by atoms with van der Waals surface area (Å²) in [5.41, 5.74) is 6.01. The standard InChI is InChI=1S/C35H35ClN4O5.CH2O2/c1-23(20-41)38-18-28-14-30(36)33(16-32(28)44-21-25-17-39-40(19-25)35-8-3-4-11-37-35)45-22-27-6-5-7-29(24(27)2)26-9-10-31-34(15-26)43-13-12-42-31;2-1-3/h3-11,14-17,19,23,38,41H,12-13,18,20-22H2,1-2H3;1H,(H,2,3). The van der Waals surface area contributed by atoms with Crippen LogP contribution in [0.4, 0.5) is 0 Å². The molecular formula is C36H37ClN4O7. The highest BCUT2D eigenvalue weighted by molar-refractivity contribution is 6.32. The zero-order valence-corrected chi connectivity index (χ0v) is 27.4. The van der Waals surface area contributed by atoms with Crippen molar-refractivity contribution in [3.63, 3.8) is 0 Å². The molecule has 0 bridgehead atoms. The molecule has 48 heavy (non-hydrogen) atoms. The highest BCUT2D eigenvalue weighted by Crippen LogP contribution is 2.37. The second-order valence-electron chi connectivity index (χ2n) is 11.0. The average Bonchev–Trinajstić information content (AvgIpc) is 3.60. The molecule has 0 saturated carbocycles. The van der Waals surface area contributed by atoms with Gasteiger partial charge in [0.05, 0.1) is 17.8 Å². The molecule has 2 aromatic heterocycles. The molecule has 3 aromatic carbocycles. The molecule has 1 atom stereocenters. The number of pyridine rings is 1. The third-order valence-corrected chi connectivity index (χ3v) is 7.92. The summed E-state index contributed by atoms with van der Waals surface area (Å²) in [6.07, 6.45) is 5.37. The van der Waals surface area contributed by atoms with Crippen molar-refractivity contribution in [1.29, 1.82) is 0 Å². The van der Waals surface area contributed by atoms with E-state index in [1.165, 1.54) is 0 Å². The van der Waals surface area contributed by atoms with Crippen LogP contribution in [0, 0.1) is 6.92 Å². The number of hydrogen-bond donors (Lipinski definition) is 3. The molecule has 1 aliphatic rings. The highest BCUT2D eigenvalue weighted by atomic mass is 35.5. The van der Waals surface area contributed by atoms with Crippen molar-refractivity contribution in [3.8, 4) is 39.9 Å². The van der Waals surface area contributed by atoms with Crippen LogP contribution in [0.5, 0.6) is 23.0 Å². The number of aliphatic hydroxyl groups is 1. The molecular weight excluding hydrogens is 636 g/mol. The zero-order valence-electron chi connectivity index (χ0n) is 26.6. The lowest BCUT2D eigenvalue weighted by Gasteiger charge is -2.20. The molecule has 0 fully saturated rings. The van der Waals surface area contributed by atoms with E-state index in [2.05, 4.69) is 34.5 Å². The van der Waals surface area contributed by atoms with Gasteiger partial charge in [0.15, 0.2) is 17.3 Å². The first-order chi connectivity index (χ1) is 23.4. The normalized spacial score (nSPS) is 12.4. The summed E-state index contributed by atoms with van der Waals surface area (Å²) in [6.45, 7) is 5.93. The van der Waals surface area contributed by atoms with Crippen LogP contribution in [0.2, 0.25) is 5.02 Å². The Hall–Kier alpha value is -5.10. The van der Waals surface area contributed by atoms with E-state index >= 15 is 0 Å². The van der Waals surface area contributed by atoms with Gasteiger partial charge < -0.3 is 34.5 Å². The third-order valence-electron chi connectivity index (χ3n) is 7.63. The maximum absolute atomic E-state index is 9.51. The monoisotopic (exact) mass is 672 g/mol. The zero-order chi connectivity index (χ0) is 33.9. The van der Waals surface area contributed by atoms with Crippen molar-refractivity contribution >= 4 is 18.1 Å². The molecule has 0 aliphatic carbocycles. The van der Waals surface area contributed by atoms with Gasteiger partial charge in [-0.05, 0) is 66.4 Å². The summed E-state index contributed by atoms with van der Waals surface area (Å²) in [4.78, 5) is 12.7. The number of ether oxygens (including phenoxy) is 4. The molecule has 3 heterocycles. The first-order valence-corrected chi connectivity index (χ1v) is 15.7. The molecule has 12 heteroatoms. The molecule has 0 saturated heterocycles. The van der Waals surface area contributed by atoms with Crippen molar-refractivity contribution in [2.75, 3.05) is 19.8 Å². The number of aromatic nitrogens is 3. The minimum Gasteiger partial charge on any atom is -0.488 e. The Bertz CT molecular complexity index is 1820. The van der Waals surface area contributed by atoms with Gasteiger partial charge in [-0.1, -0.05) is 41.9 Å². The van der Waals surface area contributed by atoms with Crippen LogP contribution < -0.4 is 24.3 Å². The number of rotatable bonds is 12. The molecule has 3 N–H and O–H groups in total. The Morgan fingerprint density at radius 3 is 2.56 bits per heavy atom. The minimum atomic E-state index is -0.250. The first kappa shape index (κ1) is 34.2. The predicted molar refractivity (Wildman–Crippen MR) is 181 cm³/mol. The SMILES string of the molecule is Cc1c(COc2cc(OCc3cnn(-c4ccccn4)c3)c(CNC(C)CO)cc2Cl)cccc1-c1ccc2c(c1)OCCO2.O=CO. The third kappa shape index (κ3) is 8.62. The lowest BCUT2D eigenvalue weighted by molar-refractivity contribution is -0.122. The summed E-state index contributed by atoms with van der Waals surface area (Å²) in [6, 6.07) is 21.4. The largest absolute Gasteiger partial charge is 0.488 e. The van der Waals surface area contributed by atoms with Crippen LogP contribution >= 0.6 is 11.6 Å². The maximum atomic E-state index is 9.51.